The summed E-state index contributed by atoms with van der Waals surface area (Å²) < 4.78 is 0.812. The van der Waals surface area contributed by atoms with Crippen molar-refractivity contribution in [3.05, 3.63) is 55.6 Å². The molecule has 2 aromatic rings. The second-order valence-corrected chi connectivity index (χ2v) is 8.79. The number of carbonyl (C=O) groups is 3. The molecule has 0 spiro atoms. The summed E-state index contributed by atoms with van der Waals surface area (Å²) in [5, 5.41) is 3.24. The van der Waals surface area contributed by atoms with Crippen LogP contribution in [-0.4, -0.2) is 23.8 Å². The van der Waals surface area contributed by atoms with Gasteiger partial charge in [-0.25, -0.2) is 0 Å². The van der Waals surface area contributed by atoms with Crippen molar-refractivity contribution in [3.63, 3.8) is 0 Å². The number of rotatable bonds is 6. The van der Waals surface area contributed by atoms with Gasteiger partial charge in [0.25, 0.3) is 17.7 Å². The highest BCUT2D eigenvalue weighted by Gasteiger charge is 2.27. The molecule has 0 aliphatic rings. The highest BCUT2D eigenvalue weighted by atomic mass is 79.9. The van der Waals surface area contributed by atoms with Gasteiger partial charge in [0.15, 0.2) is 0 Å². The smallest absolute Gasteiger partial charge is 0.279 e. The van der Waals surface area contributed by atoms with Gasteiger partial charge < -0.3 is 5.32 Å². The largest absolute Gasteiger partial charge is 0.340 e. The van der Waals surface area contributed by atoms with E-state index in [0.717, 1.165) is 3.79 Å². The Labute approximate surface area is 174 Å². The van der Waals surface area contributed by atoms with Crippen molar-refractivity contribution in [2.45, 2.75) is 26.3 Å². The van der Waals surface area contributed by atoms with Gasteiger partial charge >= 0.3 is 0 Å². The van der Waals surface area contributed by atoms with Gasteiger partial charge in [-0.15, -0.1) is 11.3 Å². The predicted octanol–water partition coefficient (Wildman–Crippen LogP) is 3.77. The zero-order valence-corrected chi connectivity index (χ0v) is 17.9. The first kappa shape index (κ1) is 21.4. The molecule has 1 aromatic heterocycles. The Morgan fingerprint density at radius 2 is 1.74 bits per heavy atom. The maximum atomic E-state index is 12.5. The van der Waals surface area contributed by atoms with Crippen molar-refractivity contribution in [3.8, 4) is 0 Å². The number of hydrogen-bond donors (Lipinski definition) is 3. The summed E-state index contributed by atoms with van der Waals surface area (Å²) in [5.41, 5.74) is 5.16. The maximum absolute atomic E-state index is 12.5. The van der Waals surface area contributed by atoms with E-state index in [9.17, 15) is 14.4 Å². The summed E-state index contributed by atoms with van der Waals surface area (Å²) in [6.45, 7) is 3.77. The molecule has 2 rings (SSSR count). The Balaban J connectivity index is 2.01. The Morgan fingerprint density at radius 1 is 1.07 bits per heavy atom. The van der Waals surface area contributed by atoms with Crippen molar-refractivity contribution in [2.24, 2.45) is 5.92 Å². The molecule has 2 atom stereocenters. The molecule has 2 unspecified atom stereocenters. The van der Waals surface area contributed by atoms with Crippen LogP contribution in [0, 0.1) is 5.92 Å². The number of carbonyl (C=O) groups excluding carboxylic acids is 3. The monoisotopic (exact) mass is 471 g/mol. The molecule has 27 heavy (non-hydrogen) atoms. The lowest BCUT2D eigenvalue weighted by molar-refractivity contribution is -0.124. The molecule has 9 heteroatoms. The van der Waals surface area contributed by atoms with Gasteiger partial charge in [-0.2, -0.15) is 0 Å². The highest BCUT2D eigenvalue weighted by molar-refractivity contribution is 9.11. The standard InChI is InChI=1S/C18H19BrClN3O3S/c1-3-10(2)15(21-16(24)11-4-6-12(20)7-5-11)18(26)23-22-17(25)13-8-9-14(19)27-13/h4-10,15H,3H2,1-2H3,(H,21,24)(H,22,25)(H,23,26). The summed E-state index contributed by atoms with van der Waals surface area (Å²) >= 11 is 10.4. The molecule has 1 heterocycles. The molecule has 6 nitrogen and oxygen atoms in total. The number of benzene rings is 1. The maximum Gasteiger partial charge on any atom is 0.279 e. The van der Waals surface area contributed by atoms with Crippen molar-refractivity contribution < 1.29 is 14.4 Å². The Hall–Kier alpha value is -1.90. The van der Waals surface area contributed by atoms with Crippen LogP contribution in [0.4, 0.5) is 0 Å². The Bertz CT molecular complexity index is 826. The van der Waals surface area contributed by atoms with E-state index in [1.165, 1.54) is 11.3 Å². The van der Waals surface area contributed by atoms with Gasteiger partial charge in [0.2, 0.25) is 0 Å². The molecule has 144 valence electrons. The van der Waals surface area contributed by atoms with E-state index < -0.39 is 17.9 Å². The Kier molecular flexibility index (Phi) is 7.82. The van der Waals surface area contributed by atoms with Gasteiger partial charge in [0.1, 0.15) is 6.04 Å². The fourth-order valence-electron chi connectivity index (χ4n) is 2.22. The summed E-state index contributed by atoms with van der Waals surface area (Å²) in [5.74, 6) is -1.43. The van der Waals surface area contributed by atoms with Crippen LogP contribution in [-0.2, 0) is 4.79 Å². The minimum Gasteiger partial charge on any atom is -0.340 e. The number of thiophene rings is 1. The van der Waals surface area contributed by atoms with Crippen LogP contribution in [0.15, 0.2) is 40.2 Å². The van der Waals surface area contributed by atoms with E-state index in [1.54, 1.807) is 36.4 Å². The van der Waals surface area contributed by atoms with E-state index in [2.05, 4.69) is 32.1 Å². The molecule has 0 aliphatic carbocycles. The van der Waals surface area contributed by atoms with E-state index in [4.69, 9.17) is 11.6 Å². The van der Waals surface area contributed by atoms with E-state index in [0.29, 0.717) is 21.9 Å². The number of hydrazine groups is 1. The molecule has 3 amide bonds. The van der Waals surface area contributed by atoms with Gasteiger partial charge in [0.05, 0.1) is 8.66 Å². The second-order valence-electron chi connectivity index (χ2n) is 5.89. The summed E-state index contributed by atoms with van der Waals surface area (Å²) in [6, 6.07) is 8.97. The van der Waals surface area contributed by atoms with Crippen LogP contribution < -0.4 is 16.2 Å². The molecular formula is C18H19BrClN3O3S. The zero-order valence-electron chi connectivity index (χ0n) is 14.7. The molecule has 3 N–H and O–H groups in total. The lowest BCUT2D eigenvalue weighted by Crippen LogP contribution is -2.54. The Morgan fingerprint density at radius 3 is 2.30 bits per heavy atom. The van der Waals surface area contributed by atoms with E-state index in [1.807, 2.05) is 13.8 Å². The summed E-state index contributed by atoms with van der Waals surface area (Å²) in [7, 11) is 0. The van der Waals surface area contributed by atoms with E-state index in [-0.39, 0.29) is 11.8 Å². The average Bonchev–Trinajstić information content (AvgIpc) is 3.10. The van der Waals surface area contributed by atoms with Crippen LogP contribution in [0.1, 0.15) is 40.3 Å². The second kappa shape index (κ2) is 9.87. The number of hydrogen-bond acceptors (Lipinski definition) is 4. The van der Waals surface area contributed by atoms with Gasteiger partial charge in [0, 0.05) is 10.6 Å². The fourth-order valence-corrected chi connectivity index (χ4v) is 3.63. The van der Waals surface area contributed by atoms with Crippen molar-refractivity contribution in [1.82, 2.24) is 16.2 Å². The third kappa shape index (κ3) is 6.05. The lowest BCUT2D eigenvalue weighted by atomic mass is 9.98. The van der Waals surface area contributed by atoms with Crippen LogP contribution >= 0.6 is 38.9 Å². The SMILES string of the molecule is CCC(C)C(NC(=O)c1ccc(Cl)cc1)C(=O)NNC(=O)c1ccc(Br)s1. The number of nitrogens with one attached hydrogen (secondary N) is 3. The number of amides is 3. The fraction of sp³-hybridized carbons (Fsp3) is 0.278. The quantitative estimate of drug-likeness (QED) is 0.559. The first-order valence-electron chi connectivity index (χ1n) is 8.23. The molecular weight excluding hydrogens is 454 g/mol. The van der Waals surface area contributed by atoms with Crippen LogP contribution in [0.3, 0.4) is 0 Å². The first-order valence-corrected chi connectivity index (χ1v) is 10.2. The third-order valence-electron chi connectivity index (χ3n) is 3.98. The highest BCUT2D eigenvalue weighted by Crippen LogP contribution is 2.21. The van der Waals surface area contributed by atoms with Gasteiger partial charge in [-0.1, -0.05) is 31.9 Å². The predicted molar refractivity (Wildman–Crippen MR) is 110 cm³/mol. The molecule has 0 fully saturated rings. The van der Waals surface area contributed by atoms with Gasteiger partial charge in [-0.05, 0) is 58.2 Å². The van der Waals surface area contributed by atoms with Crippen molar-refractivity contribution >= 4 is 56.6 Å². The molecule has 0 saturated carbocycles. The number of halogens is 2. The molecule has 0 radical (unpaired) electrons. The minimum absolute atomic E-state index is 0.131. The average molecular weight is 473 g/mol. The van der Waals surface area contributed by atoms with Gasteiger partial charge in [-0.3, -0.25) is 25.2 Å². The topological polar surface area (TPSA) is 87.3 Å². The van der Waals surface area contributed by atoms with E-state index >= 15 is 0 Å². The van der Waals surface area contributed by atoms with Crippen LogP contribution in [0.2, 0.25) is 5.02 Å². The summed E-state index contributed by atoms with van der Waals surface area (Å²) in [4.78, 5) is 37.5. The van der Waals surface area contributed by atoms with Crippen LogP contribution in [0.5, 0.6) is 0 Å². The first-order chi connectivity index (χ1) is 12.8. The molecule has 0 aliphatic heterocycles. The molecule has 0 saturated heterocycles. The molecule has 0 bridgehead atoms. The lowest BCUT2D eigenvalue weighted by Gasteiger charge is -2.23. The van der Waals surface area contributed by atoms with Crippen LogP contribution in [0.25, 0.3) is 0 Å². The molecule has 1 aromatic carbocycles. The normalized spacial score (nSPS) is 12.7. The third-order valence-corrected chi connectivity index (χ3v) is 5.86. The van der Waals surface area contributed by atoms with Crippen molar-refractivity contribution in [1.29, 1.82) is 0 Å². The zero-order chi connectivity index (χ0) is 20.0. The minimum atomic E-state index is -0.798. The van der Waals surface area contributed by atoms with Crippen molar-refractivity contribution in [2.75, 3.05) is 0 Å². The summed E-state index contributed by atoms with van der Waals surface area (Å²) in [6.07, 6.45) is 0.671.